The molecular formula is C14H17N3O. The maximum atomic E-state index is 11.7. The van der Waals surface area contributed by atoms with E-state index < -0.39 is 0 Å². The van der Waals surface area contributed by atoms with E-state index in [0.29, 0.717) is 18.8 Å². The van der Waals surface area contributed by atoms with Gasteiger partial charge in [-0.1, -0.05) is 24.3 Å². The number of benzene rings is 1. The number of nitrogens with one attached hydrogen (secondary N) is 2. The van der Waals surface area contributed by atoms with Crippen LogP contribution in [0.5, 0.6) is 0 Å². The molecule has 4 N–H and O–H groups in total. The zero-order valence-corrected chi connectivity index (χ0v) is 10.1. The Hall–Kier alpha value is -2.07. The van der Waals surface area contributed by atoms with Crippen LogP contribution in [0.4, 0.5) is 0 Å². The Morgan fingerprint density at radius 1 is 1.17 bits per heavy atom. The van der Waals surface area contributed by atoms with Crippen molar-refractivity contribution in [1.29, 1.82) is 0 Å². The number of hydrogen-bond acceptors (Lipinski definition) is 2. The summed E-state index contributed by atoms with van der Waals surface area (Å²) in [5, 5.41) is 2.86. The Morgan fingerprint density at radius 3 is 2.50 bits per heavy atom. The lowest BCUT2D eigenvalue weighted by Gasteiger charge is -2.05. The molecule has 0 atom stereocenters. The Kier molecular flexibility index (Phi) is 4.15. The van der Waals surface area contributed by atoms with Crippen molar-refractivity contribution < 1.29 is 4.79 Å². The van der Waals surface area contributed by atoms with Gasteiger partial charge in [0.1, 0.15) is 5.69 Å². The molecule has 18 heavy (non-hydrogen) atoms. The molecule has 0 aliphatic heterocycles. The van der Waals surface area contributed by atoms with Crippen molar-refractivity contribution in [2.75, 3.05) is 6.54 Å². The van der Waals surface area contributed by atoms with Gasteiger partial charge in [0.05, 0.1) is 0 Å². The molecule has 0 spiro atoms. The normalized spacial score (nSPS) is 10.3. The highest BCUT2D eigenvalue weighted by Crippen LogP contribution is 2.05. The van der Waals surface area contributed by atoms with Gasteiger partial charge >= 0.3 is 0 Å². The minimum atomic E-state index is -0.0916. The Bertz CT molecular complexity index is 488. The minimum absolute atomic E-state index is 0.0916. The van der Waals surface area contributed by atoms with Crippen molar-refractivity contribution in [2.45, 2.75) is 13.0 Å². The number of amides is 1. The highest BCUT2D eigenvalue weighted by Gasteiger charge is 2.04. The molecule has 0 unspecified atom stereocenters. The first kappa shape index (κ1) is 12.4. The summed E-state index contributed by atoms with van der Waals surface area (Å²) in [4.78, 5) is 14.6. The van der Waals surface area contributed by atoms with Crippen LogP contribution < -0.4 is 11.1 Å². The Balaban J connectivity index is 1.88. The molecule has 2 rings (SSSR count). The monoisotopic (exact) mass is 243 g/mol. The van der Waals surface area contributed by atoms with Crippen LogP contribution >= 0.6 is 0 Å². The smallest absolute Gasteiger partial charge is 0.267 e. The van der Waals surface area contributed by atoms with Crippen LogP contribution in [-0.4, -0.2) is 17.4 Å². The van der Waals surface area contributed by atoms with Crippen molar-refractivity contribution in [1.82, 2.24) is 10.3 Å². The third-order valence-corrected chi connectivity index (χ3v) is 2.75. The molecule has 2 aromatic rings. The molecule has 4 heteroatoms. The molecule has 0 bridgehead atoms. The fourth-order valence-corrected chi connectivity index (χ4v) is 1.74. The topological polar surface area (TPSA) is 70.9 Å². The van der Waals surface area contributed by atoms with Crippen LogP contribution in [0.3, 0.4) is 0 Å². The van der Waals surface area contributed by atoms with E-state index in [1.54, 1.807) is 18.3 Å². The molecule has 0 saturated heterocycles. The number of carbonyl (C=O) groups is 1. The van der Waals surface area contributed by atoms with Gasteiger partial charge in [-0.05, 0) is 36.2 Å². The standard InChI is InChI=1S/C14H17N3O/c15-8-7-11-3-5-12(6-4-11)10-17-14(18)13-2-1-9-16-13/h1-6,9,16H,7-8,10,15H2,(H,17,18). The summed E-state index contributed by atoms with van der Waals surface area (Å²) in [6.07, 6.45) is 2.62. The number of aromatic nitrogens is 1. The predicted molar refractivity (Wildman–Crippen MR) is 71.2 cm³/mol. The summed E-state index contributed by atoms with van der Waals surface area (Å²) < 4.78 is 0. The lowest BCUT2D eigenvalue weighted by atomic mass is 10.1. The number of rotatable bonds is 5. The average molecular weight is 243 g/mol. The Morgan fingerprint density at radius 2 is 1.89 bits per heavy atom. The van der Waals surface area contributed by atoms with Gasteiger partial charge in [0.25, 0.3) is 5.91 Å². The molecule has 1 heterocycles. The van der Waals surface area contributed by atoms with E-state index in [0.717, 1.165) is 12.0 Å². The summed E-state index contributed by atoms with van der Waals surface area (Å²) >= 11 is 0. The van der Waals surface area contributed by atoms with Crippen molar-refractivity contribution in [3.05, 3.63) is 59.4 Å². The maximum absolute atomic E-state index is 11.7. The number of hydrogen-bond donors (Lipinski definition) is 3. The molecule has 0 saturated carbocycles. The van der Waals surface area contributed by atoms with Crippen LogP contribution in [-0.2, 0) is 13.0 Å². The average Bonchev–Trinajstić information content (AvgIpc) is 2.92. The second kappa shape index (κ2) is 6.02. The first-order valence-corrected chi connectivity index (χ1v) is 5.99. The van der Waals surface area contributed by atoms with Gasteiger partial charge in [0, 0.05) is 12.7 Å². The molecule has 1 aromatic carbocycles. The van der Waals surface area contributed by atoms with Crippen LogP contribution in [0.2, 0.25) is 0 Å². The van der Waals surface area contributed by atoms with Crippen LogP contribution in [0.1, 0.15) is 21.6 Å². The zero-order valence-electron chi connectivity index (χ0n) is 10.1. The highest BCUT2D eigenvalue weighted by molar-refractivity contribution is 5.92. The molecule has 0 radical (unpaired) electrons. The first-order chi connectivity index (χ1) is 8.79. The molecule has 4 nitrogen and oxygen atoms in total. The van der Waals surface area contributed by atoms with E-state index in [9.17, 15) is 4.79 Å². The minimum Gasteiger partial charge on any atom is -0.357 e. The van der Waals surface area contributed by atoms with Gasteiger partial charge in [-0.3, -0.25) is 4.79 Å². The number of carbonyl (C=O) groups excluding carboxylic acids is 1. The van der Waals surface area contributed by atoms with Gasteiger partial charge < -0.3 is 16.0 Å². The molecule has 94 valence electrons. The van der Waals surface area contributed by atoms with Crippen LogP contribution in [0.15, 0.2) is 42.6 Å². The van der Waals surface area contributed by atoms with Crippen molar-refractivity contribution >= 4 is 5.91 Å². The fraction of sp³-hybridized carbons (Fsp3) is 0.214. The largest absolute Gasteiger partial charge is 0.357 e. The summed E-state index contributed by atoms with van der Waals surface area (Å²) in [5.74, 6) is -0.0916. The van der Waals surface area contributed by atoms with Gasteiger partial charge in [0.2, 0.25) is 0 Å². The van der Waals surface area contributed by atoms with Gasteiger partial charge in [0.15, 0.2) is 0 Å². The SMILES string of the molecule is NCCc1ccc(CNC(=O)c2ccc[nH]2)cc1. The lowest BCUT2D eigenvalue weighted by molar-refractivity contribution is 0.0946. The molecule has 1 amide bonds. The maximum Gasteiger partial charge on any atom is 0.267 e. The number of aromatic amines is 1. The third-order valence-electron chi connectivity index (χ3n) is 2.75. The number of H-pyrrole nitrogens is 1. The first-order valence-electron chi connectivity index (χ1n) is 5.99. The summed E-state index contributed by atoms with van der Waals surface area (Å²) in [6.45, 7) is 1.18. The zero-order chi connectivity index (χ0) is 12.8. The van der Waals surface area contributed by atoms with Crippen LogP contribution in [0, 0.1) is 0 Å². The van der Waals surface area contributed by atoms with E-state index in [2.05, 4.69) is 10.3 Å². The summed E-state index contributed by atoms with van der Waals surface area (Å²) in [5.41, 5.74) is 8.37. The lowest BCUT2D eigenvalue weighted by Crippen LogP contribution is -2.23. The van der Waals surface area contributed by atoms with E-state index in [1.807, 2.05) is 24.3 Å². The van der Waals surface area contributed by atoms with Crippen molar-refractivity contribution in [3.63, 3.8) is 0 Å². The van der Waals surface area contributed by atoms with E-state index in [1.165, 1.54) is 5.56 Å². The van der Waals surface area contributed by atoms with Crippen molar-refractivity contribution in [2.24, 2.45) is 5.73 Å². The second-order valence-electron chi connectivity index (χ2n) is 4.12. The van der Waals surface area contributed by atoms with E-state index >= 15 is 0 Å². The predicted octanol–water partition coefficient (Wildman–Crippen LogP) is 1.45. The molecular weight excluding hydrogens is 226 g/mol. The number of nitrogens with two attached hydrogens (primary N) is 1. The highest BCUT2D eigenvalue weighted by atomic mass is 16.1. The summed E-state index contributed by atoms with van der Waals surface area (Å²) in [7, 11) is 0. The van der Waals surface area contributed by atoms with Gasteiger partial charge in [-0.15, -0.1) is 0 Å². The third kappa shape index (κ3) is 3.21. The van der Waals surface area contributed by atoms with Gasteiger partial charge in [-0.25, -0.2) is 0 Å². The van der Waals surface area contributed by atoms with Crippen molar-refractivity contribution in [3.8, 4) is 0 Å². The molecule has 0 aliphatic carbocycles. The Labute approximate surface area is 106 Å². The molecule has 0 aliphatic rings. The quantitative estimate of drug-likeness (QED) is 0.743. The molecule has 0 fully saturated rings. The summed E-state index contributed by atoms with van der Waals surface area (Å²) in [6, 6.07) is 11.7. The molecule has 1 aromatic heterocycles. The van der Waals surface area contributed by atoms with Gasteiger partial charge in [-0.2, -0.15) is 0 Å². The fourth-order valence-electron chi connectivity index (χ4n) is 1.74. The van der Waals surface area contributed by atoms with Crippen LogP contribution in [0.25, 0.3) is 0 Å². The second-order valence-corrected chi connectivity index (χ2v) is 4.12. The van der Waals surface area contributed by atoms with E-state index in [4.69, 9.17) is 5.73 Å². The van der Waals surface area contributed by atoms with E-state index in [-0.39, 0.29) is 5.91 Å².